The topological polar surface area (TPSA) is 230 Å². The van der Waals surface area contributed by atoms with Gasteiger partial charge in [0.25, 0.3) is 11.8 Å². The van der Waals surface area contributed by atoms with Gasteiger partial charge in [-0.15, -0.1) is 0 Å². The number of benzene rings is 4. The van der Waals surface area contributed by atoms with Crippen LogP contribution in [0.4, 0.5) is 23.3 Å². The summed E-state index contributed by atoms with van der Waals surface area (Å²) in [6.07, 6.45) is 23.4. The first kappa shape index (κ1) is 61.7. The van der Waals surface area contributed by atoms with E-state index in [0.717, 1.165) is 97.3 Å². The molecule has 4 amide bonds. The quantitative estimate of drug-likeness (QED) is 0.0221. The zero-order valence-electron chi connectivity index (χ0n) is 49.9. The van der Waals surface area contributed by atoms with Gasteiger partial charge in [0.15, 0.2) is 0 Å². The molecule has 452 valence electrons. The van der Waals surface area contributed by atoms with Gasteiger partial charge in [0.1, 0.15) is 0 Å². The number of rotatable bonds is 23. The lowest BCUT2D eigenvalue weighted by atomic mass is 9.80. The number of hydrogen-bond donors (Lipinski definition) is 8. The third-order valence-electron chi connectivity index (χ3n) is 16.3. The van der Waals surface area contributed by atoms with Gasteiger partial charge in [-0.2, -0.15) is 0 Å². The molecular formula is C67H76Cl2N14O4. The Bertz CT molecular complexity index is 3810. The Hall–Kier alpha value is -8.42. The first-order chi connectivity index (χ1) is 41.9. The van der Waals surface area contributed by atoms with E-state index < -0.39 is 11.1 Å². The van der Waals surface area contributed by atoms with E-state index in [9.17, 15) is 19.2 Å². The van der Waals surface area contributed by atoms with E-state index in [2.05, 4.69) is 88.8 Å². The summed E-state index contributed by atoms with van der Waals surface area (Å²) in [5.74, 6) is 0.159. The second-order valence-corrected chi connectivity index (χ2v) is 24.7. The average Bonchev–Trinajstić information content (AvgIpc) is 2.17. The van der Waals surface area contributed by atoms with Gasteiger partial charge >= 0.3 is 0 Å². The number of unbranched alkanes of at least 4 members (excludes halogenated alkanes) is 1. The van der Waals surface area contributed by atoms with Crippen LogP contribution < -0.4 is 31.9 Å². The summed E-state index contributed by atoms with van der Waals surface area (Å²) in [7, 11) is 5.92. The van der Waals surface area contributed by atoms with E-state index in [4.69, 9.17) is 33.2 Å². The molecule has 4 aromatic carbocycles. The number of hydrogen-bond acceptors (Lipinski definition) is 12. The molecule has 18 nitrogen and oxygen atoms in total. The zero-order valence-corrected chi connectivity index (χ0v) is 51.4. The normalized spacial score (nSPS) is 18.8. The van der Waals surface area contributed by atoms with Crippen molar-refractivity contribution in [2.45, 2.75) is 108 Å². The van der Waals surface area contributed by atoms with Gasteiger partial charge < -0.3 is 51.7 Å². The molecule has 0 bridgehead atoms. The first-order valence-corrected chi connectivity index (χ1v) is 30.6. The van der Waals surface area contributed by atoms with E-state index in [0.29, 0.717) is 81.8 Å². The molecule has 2 aliphatic rings. The van der Waals surface area contributed by atoms with Crippen molar-refractivity contribution < 1.29 is 19.2 Å². The number of carbonyl (C=O) groups excluding carboxylic acids is 4. The number of nitrogens with zero attached hydrogens (tertiary/aromatic N) is 6. The maximum absolute atomic E-state index is 13.6. The molecular weight excluding hydrogens is 1140 g/mol. The van der Waals surface area contributed by atoms with Crippen molar-refractivity contribution in [2.75, 3.05) is 62.0 Å². The summed E-state index contributed by atoms with van der Waals surface area (Å²) >= 11 is 13.4. The number of aromatic amines is 2. The van der Waals surface area contributed by atoms with E-state index in [-0.39, 0.29) is 35.7 Å². The average molecular weight is 1210 g/mol. The molecule has 87 heavy (non-hydrogen) atoms. The lowest BCUT2D eigenvalue weighted by Gasteiger charge is -2.39. The van der Waals surface area contributed by atoms with Crippen molar-refractivity contribution in [1.82, 2.24) is 50.3 Å². The summed E-state index contributed by atoms with van der Waals surface area (Å²) in [6, 6.07) is 28.4. The van der Waals surface area contributed by atoms with E-state index >= 15 is 0 Å². The Morgan fingerprint density at radius 3 is 1.68 bits per heavy atom. The van der Waals surface area contributed by atoms with Crippen molar-refractivity contribution in [3.63, 3.8) is 0 Å². The molecule has 20 heteroatoms. The van der Waals surface area contributed by atoms with Crippen LogP contribution in [0.5, 0.6) is 0 Å². The molecule has 0 saturated heterocycles. The van der Waals surface area contributed by atoms with E-state index in [1.54, 1.807) is 73.1 Å². The van der Waals surface area contributed by atoms with Crippen LogP contribution in [-0.2, 0) is 16.0 Å². The summed E-state index contributed by atoms with van der Waals surface area (Å²) in [6.45, 7) is 6.31. The summed E-state index contributed by atoms with van der Waals surface area (Å²) < 4.78 is 0. The Balaban J connectivity index is 0.633. The monoisotopic (exact) mass is 1210 g/mol. The van der Waals surface area contributed by atoms with Crippen molar-refractivity contribution >= 4 is 91.9 Å². The van der Waals surface area contributed by atoms with Gasteiger partial charge in [-0.3, -0.25) is 19.2 Å². The highest BCUT2D eigenvalue weighted by Gasteiger charge is 2.36. The maximum Gasteiger partial charge on any atom is 0.251 e. The lowest BCUT2D eigenvalue weighted by Crippen LogP contribution is -2.51. The van der Waals surface area contributed by atoms with Gasteiger partial charge in [0, 0.05) is 116 Å². The van der Waals surface area contributed by atoms with Crippen LogP contribution >= 0.6 is 23.2 Å². The Morgan fingerprint density at radius 2 is 1.14 bits per heavy atom. The zero-order chi connectivity index (χ0) is 61.1. The minimum Gasteiger partial charge on any atom is -0.360 e. The second kappa shape index (κ2) is 28.0. The summed E-state index contributed by atoms with van der Waals surface area (Å²) in [5, 5.41) is 22.3. The molecule has 4 heterocycles. The number of halogens is 2. The minimum absolute atomic E-state index is 0.0216. The fourth-order valence-corrected chi connectivity index (χ4v) is 12.2. The summed E-state index contributed by atoms with van der Waals surface area (Å²) in [4.78, 5) is 81.9. The maximum atomic E-state index is 13.6. The van der Waals surface area contributed by atoms with Crippen LogP contribution in [0.15, 0.2) is 140 Å². The fourth-order valence-electron chi connectivity index (χ4n) is 11.8. The van der Waals surface area contributed by atoms with Crippen LogP contribution in [0.25, 0.3) is 44.3 Å². The van der Waals surface area contributed by atoms with Crippen molar-refractivity contribution in [2.24, 2.45) is 0 Å². The van der Waals surface area contributed by atoms with Crippen molar-refractivity contribution in [3.05, 3.63) is 167 Å². The molecule has 2 aliphatic carbocycles. The minimum atomic E-state index is -0.457. The van der Waals surface area contributed by atoms with Crippen LogP contribution in [-0.4, -0.2) is 127 Å². The number of aryl methyl sites for hydroxylation is 1. The van der Waals surface area contributed by atoms with Gasteiger partial charge in [0.2, 0.25) is 23.7 Å². The molecule has 8 aromatic rings. The van der Waals surface area contributed by atoms with Gasteiger partial charge in [-0.05, 0) is 178 Å². The molecule has 2 fully saturated rings. The summed E-state index contributed by atoms with van der Waals surface area (Å²) in [5.41, 5.74) is 7.64. The van der Waals surface area contributed by atoms with Crippen LogP contribution in [0.2, 0.25) is 10.0 Å². The number of fused-ring (bicyclic) bond motifs is 2. The molecule has 0 aliphatic heterocycles. The predicted octanol–water partition coefficient (Wildman–Crippen LogP) is 12.5. The highest BCUT2D eigenvalue weighted by atomic mass is 35.5. The largest absolute Gasteiger partial charge is 0.360 e. The molecule has 4 aromatic heterocycles. The van der Waals surface area contributed by atoms with Gasteiger partial charge in [-0.1, -0.05) is 65.7 Å². The van der Waals surface area contributed by atoms with Crippen molar-refractivity contribution in [1.29, 1.82) is 0 Å². The van der Waals surface area contributed by atoms with Gasteiger partial charge in [-0.25, -0.2) is 19.9 Å². The standard InChI is InChI=1S/C67H76Cl2N14O4/c1-66(31-10-15-48(37-66)76-64-72-41-54(68)60(78-64)52-39-70-56-18-7-6-17-50(52)56)81-63(87)45-24-28-47(29-25-45)75-59(85)20-13-35-83(5)34-9-8-14-43-21-30-51-53(40-71-57(51)36-43)61-55(69)42-73-65(79-61)77-49-16-11-32-67(2,38-49)80-62(86)44-22-26-46(27-23-44)74-58(84)19-12-33-82(3)4/h6-7,12-13,17-30,36,39-42,48-49,70-71H,8-11,14-16,31-35,37-38H2,1-5H3,(H,74,84)(H,75,85)(H,80,86)(H,81,87)(H,72,76,78)(H,73,77,79)/b19-12+,20-13+/t48?,49-,66?,67+/m1/s1. The number of anilines is 4. The molecule has 0 radical (unpaired) electrons. The van der Waals surface area contributed by atoms with Crippen LogP contribution in [0.3, 0.4) is 0 Å². The smallest absolute Gasteiger partial charge is 0.251 e. The number of nitrogens with one attached hydrogen (secondary N) is 8. The molecule has 2 saturated carbocycles. The number of likely N-dealkylation sites (N-methyl/N-ethyl adjacent to an activating group) is 2. The molecule has 0 spiro atoms. The Labute approximate surface area is 517 Å². The van der Waals surface area contributed by atoms with Crippen LogP contribution in [0, 0.1) is 0 Å². The predicted molar refractivity (Wildman–Crippen MR) is 350 cm³/mol. The molecule has 8 N–H and O–H groups in total. The van der Waals surface area contributed by atoms with Gasteiger partial charge in [0.05, 0.1) is 33.8 Å². The Morgan fingerprint density at radius 1 is 0.632 bits per heavy atom. The molecule has 10 rings (SSSR count). The number of carbonyl (C=O) groups is 4. The SMILES string of the molecule is CN(C)C/C=C/C(=O)Nc1ccc(C(=O)N[C@@]2(C)CCC[C@@H](Nc3ncc(Cl)c(-c4c[nH]c5cc(CCCCN(C)C/C=C/C(=O)Nc6ccc(C(=O)NC7(C)CCCC(Nc8ncc(Cl)c(-c9c[nH]c%10ccccc9%10)n8)C7)cc6)ccc45)n3)C2)cc1. The van der Waals surface area contributed by atoms with E-state index in [1.807, 2.05) is 68.8 Å². The third kappa shape index (κ3) is 16.4. The van der Waals surface area contributed by atoms with Crippen molar-refractivity contribution in [3.8, 4) is 22.5 Å². The number of para-hydroxylation sites is 1. The highest BCUT2D eigenvalue weighted by Crippen LogP contribution is 2.37. The number of H-pyrrole nitrogens is 2. The highest BCUT2D eigenvalue weighted by molar-refractivity contribution is 6.33. The number of aromatic nitrogens is 6. The van der Waals surface area contributed by atoms with E-state index in [1.165, 1.54) is 11.6 Å². The fraction of sp³-hybridized carbons (Fsp3) is 0.343. The number of amides is 4. The first-order valence-electron chi connectivity index (χ1n) is 29.8. The second-order valence-electron chi connectivity index (χ2n) is 23.9. The Kier molecular flexibility index (Phi) is 19.8. The van der Waals surface area contributed by atoms with Crippen LogP contribution in [0.1, 0.15) is 104 Å². The lowest BCUT2D eigenvalue weighted by molar-refractivity contribution is -0.112. The molecule has 4 atom stereocenters. The molecule has 2 unspecified atom stereocenters. The third-order valence-corrected chi connectivity index (χ3v) is 16.9.